The van der Waals surface area contributed by atoms with Crippen molar-refractivity contribution in [1.82, 2.24) is 10.2 Å². The minimum atomic E-state index is -0.669. The van der Waals surface area contributed by atoms with E-state index in [2.05, 4.69) is 34.5 Å². The molecule has 2 fully saturated rings. The number of halogens is 1. The highest BCUT2D eigenvalue weighted by Crippen LogP contribution is 2.44. The van der Waals surface area contributed by atoms with E-state index in [1.54, 1.807) is 0 Å². The first kappa shape index (κ1) is 19.2. The lowest BCUT2D eigenvalue weighted by Gasteiger charge is -2.45. The number of benzene rings is 2. The summed E-state index contributed by atoms with van der Waals surface area (Å²) in [5.74, 6) is -0.136. The molecule has 2 aliphatic heterocycles. The monoisotopic (exact) mass is 396 g/mol. The Bertz CT molecular complexity index is 862. The number of rotatable bonds is 4. The maximum Gasteiger partial charge on any atom is 0.237 e. The van der Waals surface area contributed by atoms with Crippen LogP contribution in [0.1, 0.15) is 36.8 Å². The molecule has 146 valence electrons. The Kier molecular flexibility index (Phi) is 5.51. The van der Waals surface area contributed by atoms with Crippen LogP contribution in [-0.4, -0.2) is 29.8 Å². The highest BCUT2D eigenvalue weighted by atomic mass is 35.5. The number of carbonyl (C=O) groups is 2. The molecule has 0 spiro atoms. The fraction of sp³-hybridized carbons (Fsp3) is 0.391. The van der Waals surface area contributed by atoms with Crippen LogP contribution in [0.2, 0.25) is 5.02 Å². The largest absolute Gasteiger partial charge is 0.299 e. The number of likely N-dealkylation sites (tertiary alicyclic amines) is 1. The average molecular weight is 397 g/mol. The molecular weight excluding hydrogens is 372 g/mol. The molecule has 0 radical (unpaired) electrons. The lowest BCUT2D eigenvalue weighted by Crippen LogP contribution is -2.57. The van der Waals surface area contributed by atoms with E-state index >= 15 is 0 Å². The molecule has 2 saturated heterocycles. The van der Waals surface area contributed by atoms with Crippen molar-refractivity contribution < 1.29 is 9.59 Å². The van der Waals surface area contributed by atoms with Crippen LogP contribution in [0.3, 0.4) is 0 Å². The Labute approximate surface area is 170 Å². The van der Waals surface area contributed by atoms with Gasteiger partial charge in [0.15, 0.2) is 0 Å². The van der Waals surface area contributed by atoms with Crippen LogP contribution in [-0.2, 0) is 21.5 Å². The van der Waals surface area contributed by atoms with E-state index in [1.165, 1.54) is 5.56 Å². The van der Waals surface area contributed by atoms with Crippen molar-refractivity contribution in [2.45, 2.75) is 37.6 Å². The maximum atomic E-state index is 13.1. The van der Waals surface area contributed by atoms with Crippen LogP contribution in [0.15, 0.2) is 54.6 Å². The molecule has 4 nitrogen and oxygen atoms in total. The Hall–Kier alpha value is -2.17. The smallest absolute Gasteiger partial charge is 0.237 e. The molecule has 0 aliphatic carbocycles. The molecule has 1 atom stereocenters. The molecule has 0 bridgehead atoms. The van der Waals surface area contributed by atoms with Gasteiger partial charge in [0.25, 0.3) is 0 Å². The summed E-state index contributed by atoms with van der Waals surface area (Å²) in [6.45, 7) is 2.83. The molecule has 4 rings (SSSR count). The van der Waals surface area contributed by atoms with Crippen molar-refractivity contribution in [3.05, 3.63) is 70.7 Å². The van der Waals surface area contributed by atoms with E-state index in [1.807, 2.05) is 30.3 Å². The van der Waals surface area contributed by atoms with Gasteiger partial charge in [-0.1, -0.05) is 54.1 Å². The second kappa shape index (κ2) is 8.06. The van der Waals surface area contributed by atoms with E-state index in [0.29, 0.717) is 17.9 Å². The zero-order chi connectivity index (χ0) is 19.6. The molecule has 0 aromatic heterocycles. The summed E-state index contributed by atoms with van der Waals surface area (Å²) >= 11 is 6.25. The van der Waals surface area contributed by atoms with Gasteiger partial charge >= 0.3 is 0 Å². The summed E-state index contributed by atoms with van der Waals surface area (Å²) in [4.78, 5) is 27.4. The van der Waals surface area contributed by atoms with Gasteiger partial charge in [0, 0.05) is 18.0 Å². The van der Waals surface area contributed by atoms with E-state index in [9.17, 15) is 9.59 Å². The van der Waals surface area contributed by atoms with Crippen molar-refractivity contribution in [2.75, 3.05) is 13.1 Å². The Balaban J connectivity index is 1.55. The minimum Gasteiger partial charge on any atom is -0.299 e. The number of amides is 2. The zero-order valence-corrected chi connectivity index (χ0v) is 16.6. The van der Waals surface area contributed by atoms with Crippen LogP contribution in [0.4, 0.5) is 0 Å². The fourth-order valence-corrected chi connectivity index (χ4v) is 5.01. The van der Waals surface area contributed by atoms with Crippen molar-refractivity contribution in [1.29, 1.82) is 0 Å². The SMILES string of the molecule is O=C1CCC(c2cccc(Cl)c2)(C2CCN(Cc3ccccc3)CC2)C(=O)N1. The number of carbonyl (C=O) groups excluding carboxylic acids is 2. The second-order valence-corrected chi connectivity index (χ2v) is 8.33. The molecule has 2 aromatic carbocycles. The number of hydrogen-bond donors (Lipinski definition) is 1. The van der Waals surface area contributed by atoms with Gasteiger partial charge in [-0.2, -0.15) is 0 Å². The van der Waals surface area contributed by atoms with Crippen molar-refractivity contribution in [3.63, 3.8) is 0 Å². The Morgan fingerprint density at radius 1 is 1.04 bits per heavy atom. The molecule has 2 aliphatic rings. The van der Waals surface area contributed by atoms with E-state index in [-0.39, 0.29) is 17.7 Å². The second-order valence-electron chi connectivity index (χ2n) is 7.90. The molecule has 1 N–H and O–H groups in total. The first-order valence-electron chi connectivity index (χ1n) is 9.94. The molecule has 2 amide bonds. The molecule has 1 unspecified atom stereocenters. The highest BCUT2D eigenvalue weighted by molar-refractivity contribution is 6.30. The van der Waals surface area contributed by atoms with E-state index in [4.69, 9.17) is 11.6 Å². The fourth-order valence-electron chi connectivity index (χ4n) is 4.82. The van der Waals surface area contributed by atoms with Gasteiger partial charge in [0.1, 0.15) is 0 Å². The van der Waals surface area contributed by atoms with Crippen LogP contribution >= 0.6 is 11.6 Å². The molecular formula is C23H25ClN2O2. The lowest BCUT2D eigenvalue weighted by atomic mass is 9.62. The standard InChI is InChI=1S/C23H25ClN2O2/c24-20-8-4-7-19(15-20)23(12-9-21(27)25-22(23)28)18-10-13-26(14-11-18)16-17-5-2-1-3-6-17/h1-8,15,18H,9-14,16H2,(H,25,27,28). The highest BCUT2D eigenvalue weighted by Gasteiger charge is 2.50. The van der Waals surface area contributed by atoms with Crippen LogP contribution in [0.5, 0.6) is 0 Å². The third-order valence-corrected chi connectivity index (χ3v) is 6.51. The molecule has 5 heteroatoms. The summed E-state index contributed by atoms with van der Waals surface area (Å²) < 4.78 is 0. The number of nitrogens with zero attached hydrogens (tertiary/aromatic N) is 1. The number of piperidine rings is 2. The van der Waals surface area contributed by atoms with Gasteiger partial charge in [0.2, 0.25) is 11.8 Å². The minimum absolute atomic E-state index is 0.160. The summed E-state index contributed by atoms with van der Waals surface area (Å²) in [6.07, 6.45) is 2.80. The predicted molar refractivity (Wildman–Crippen MR) is 110 cm³/mol. The maximum absolute atomic E-state index is 13.1. The average Bonchev–Trinajstić information content (AvgIpc) is 2.70. The molecule has 0 saturated carbocycles. The molecule has 28 heavy (non-hydrogen) atoms. The van der Waals surface area contributed by atoms with Crippen molar-refractivity contribution in [3.8, 4) is 0 Å². The summed E-state index contributed by atoms with van der Waals surface area (Å²) in [7, 11) is 0. The van der Waals surface area contributed by atoms with Gasteiger partial charge < -0.3 is 0 Å². The van der Waals surface area contributed by atoms with Crippen LogP contribution < -0.4 is 5.32 Å². The summed E-state index contributed by atoms with van der Waals surface area (Å²) in [6, 6.07) is 18.1. The van der Waals surface area contributed by atoms with Crippen molar-refractivity contribution in [2.24, 2.45) is 5.92 Å². The van der Waals surface area contributed by atoms with Gasteiger partial charge in [-0.3, -0.25) is 19.8 Å². The van der Waals surface area contributed by atoms with Crippen molar-refractivity contribution >= 4 is 23.4 Å². The lowest BCUT2D eigenvalue weighted by molar-refractivity contribution is -0.140. The van der Waals surface area contributed by atoms with E-state index in [0.717, 1.165) is 38.0 Å². The molecule has 2 heterocycles. The number of imide groups is 1. The topological polar surface area (TPSA) is 49.4 Å². The number of nitrogens with one attached hydrogen (secondary N) is 1. The van der Waals surface area contributed by atoms with Crippen LogP contribution in [0.25, 0.3) is 0 Å². The quantitative estimate of drug-likeness (QED) is 0.796. The van der Waals surface area contributed by atoms with Gasteiger partial charge in [0.05, 0.1) is 5.41 Å². The molecule has 2 aromatic rings. The first-order chi connectivity index (χ1) is 13.6. The van der Waals surface area contributed by atoms with Gasteiger partial charge in [-0.15, -0.1) is 0 Å². The Morgan fingerprint density at radius 3 is 2.46 bits per heavy atom. The third-order valence-electron chi connectivity index (χ3n) is 6.28. The number of hydrogen-bond acceptors (Lipinski definition) is 3. The van der Waals surface area contributed by atoms with Crippen LogP contribution in [0, 0.1) is 5.92 Å². The van der Waals surface area contributed by atoms with E-state index < -0.39 is 5.41 Å². The first-order valence-corrected chi connectivity index (χ1v) is 10.3. The zero-order valence-electron chi connectivity index (χ0n) is 15.9. The predicted octanol–water partition coefficient (Wildman–Crippen LogP) is 3.93. The third kappa shape index (κ3) is 3.71. The van der Waals surface area contributed by atoms with Gasteiger partial charge in [-0.25, -0.2) is 0 Å². The Morgan fingerprint density at radius 2 is 1.79 bits per heavy atom. The van der Waals surface area contributed by atoms with Gasteiger partial charge in [-0.05, 0) is 61.5 Å². The normalized spacial score (nSPS) is 24.2. The summed E-state index contributed by atoms with van der Waals surface area (Å²) in [5.41, 5.74) is 1.58. The summed E-state index contributed by atoms with van der Waals surface area (Å²) in [5, 5.41) is 3.23.